The molecule has 0 saturated carbocycles. The second-order valence-electron chi connectivity index (χ2n) is 3.13. The first-order valence-electron chi connectivity index (χ1n) is 4.52. The van der Waals surface area contributed by atoms with Gasteiger partial charge in [0.25, 0.3) is 0 Å². The van der Waals surface area contributed by atoms with Crippen molar-refractivity contribution in [3.63, 3.8) is 0 Å². The molecule has 0 amide bonds. The van der Waals surface area contributed by atoms with Crippen molar-refractivity contribution in [2.24, 2.45) is 0 Å². The number of hydrogen-bond donors (Lipinski definition) is 0. The van der Waals surface area contributed by atoms with Crippen LogP contribution in [-0.2, 0) is 6.42 Å². The predicted molar refractivity (Wildman–Crippen MR) is 50.5 cm³/mol. The SMILES string of the molecule is CCCc1nc2ccc(C)nc2o1. The highest BCUT2D eigenvalue weighted by Crippen LogP contribution is 2.14. The highest BCUT2D eigenvalue weighted by atomic mass is 16.4. The van der Waals surface area contributed by atoms with Crippen LogP contribution in [0.2, 0.25) is 0 Å². The Morgan fingerprint density at radius 2 is 2.15 bits per heavy atom. The number of fused-ring (bicyclic) bond motifs is 1. The fraction of sp³-hybridized carbons (Fsp3) is 0.400. The molecule has 0 saturated heterocycles. The van der Waals surface area contributed by atoms with Crippen molar-refractivity contribution in [1.82, 2.24) is 9.97 Å². The van der Waals surface area contributed by atoms with E-state index in [-0.39, 0.29) is 0 Å². The zero-order valence-electron chi connectivity index (χ0n) is 7.87. The van der Waals surface area contributed by atoms with Gasteiger partial charge in [0.1, 0.15) is 5.52 Å². The third kappa shape index (κ3) is 1.54. The van der Waals surface area contributed by atoms with Crippen molar-refractivity contribution in [3.05, 3.63) is 23.7 Å². The molecule has 0 atom stereocenters. The van der Waals surface area contributed by atoms with Crippen molar-refractivity contribution >= 4 is 11.2 Å². The van der Waals surface area contributed by atoms with Crippen LogP contribution in [0.15, 0.2) is 16.5 Å². The van der Waals surface area contributed by atoms with Crippen molar-refractivity contribution in [1.29, 1.82) is 0 Å². The Morgan fingerprint density at radius 1 is 1.31 bits per heavy atom. The molecule has 0 bridgehead atoms. The Balaban J connectivity index is 2.49. The maximum absolute atomic E-state index is 5.47. The van der Waals surface area contributed by atoms with Gasteiger partial charge in [-0.15, -0.1) is 0 Å². The van der Waals surface area contributed by atoms with E-state index in [1.807, 2.05) is 19.1 Å². The van der Waals surface area contributed by atoms with Gasteiger partial charge in [-0.1, -0.05) is 6.92 Å². The lowest BCUT2D eigenvalue weighted by Crippen LogP contribution is -1.80. The number of rotatable bonds is 2. The van der Waals surface area contributed by atoms with E-state index in [0.29, 0.717) is 5.71 Å². The quantitative estimate of drug-likeness (QED) is 0.705. The van der Waals surface area contributed by atoms with E-state index < -0.39 is 0 Å². The van der Waals surface area contributed by atoms with Gasteiger partial charge in [-0.2, -0.15) is 0 Å². The molecule has 2 heterocycles. The van der Waals surface area contributed by atoms with Crippen LogP contribution in [-0.4, -0.2) is 9.97 Å². The summed E-state index contributed by atoms with van der Waals surface area (Å²) < 4.78 is 5.47. The lowest BCUT2D eigenvalue weighted by atomic mass is 10.3. The molecular weight excluding hydrogens is 164 g/mol. The van der Waals surface area contributed by atoms with Crippen LogP contribution < -0.4 is 0 Å². The van der Waals surface area contributed by atoms with Crippen LogP contribution in [0.1, 0.15) is 24.9 Å². The Kier molecular flexibility index (Phi) is 2.00. The minimum atomic E-state index is 0.656. The average molecular weight is 176 g/mol. The molecule has 0 unspecified atom stereocenters. The molecule has 0 aliphatic carbocycles. The first-order valence-corrected chi connectivity index (χ1v) is 4.52. The maximum Gasteiger partial charge on any atom is 0.247 e. The van der Waals surface area contributed by atoms with Crippen LogP contribution >= 0.6 is 0 Å². The van der Waals surface area contributed by atoms with Gasteiger partial charge in [0.2, 0.25) is 5.71 Å². The molecule has 0 aliphatic rings. The summed E-state index contributed by atoms with van der Waals surface area (Å²) in [5, 5.41) is 0. The average Bonchev–Trinajstić information content (AvgIpc) is 2.46. The Labute approximate surface area is 76.8 Å². The number of hydrogen-bond acceptors (Lipinski definition) is 3. The van der Waals surface area contributed by atoms with E-state index in [0.717, 1.165) is 29.9 Å². The Hall–Kier alpha value is -1.38. The minimum Gasteiger partial charge on any atom is -0.422 e. The largest absolute Gasteiger partial charge is 0.422 e. The number of aromatic nitrogens is 2. The summed E-state index contributed by atoms with van der Waals surface area (Å²) in [7, 11) is 0. The van der Waals surface area contributed by atoms with E-state index in [2.05, 4.69) is 16.9 Å². The topological polar surface area (TPSA) is 38.9 Å². The number of nitrogens with zero attached hydrogens (tertiary/aromatic N) is 2. The molecular formula is C10H12N2O. The summed E-state index contributed by atoms with van der Waals surface area (Å²) in [6, 6.07) is 3.89. The summed E-state index contributed by atoms with van der Waals surface area (Å²) in [6.45, 7) is 4.05. The standard InChI is InChI=1S/C10H12N2O/c1-3-4-9-12-8-6-5-7(2)11-10(8)13-9/h5-6H,3-4H2,1-2H3. The summed E-state index contributed by atoms with van der Waals surface area (Å²) in [5.74, 6) is 0.788. The van der Waals surface area contributed by atoms with Crippen molar-refractivity contribution in [2.45, 2.75) is 26.7 Å². The third-order valence-electron chi connectivity index (χ3n) is 1.90. The zero-order chi connectivity index (χ0) is 9.26. The first kappa shape index (κ1) is 8.23. The molecule has 68 valence electrons. The van der Waals surface area contributed by atoms with E-state index in [1.165, 1.54) is 0 Å². The fourth-order valence-electron chi connectivity index (χ4n) is 1.28. The van der Waals surface area contributed by atoms with Crippen molar-refractivity contribution in [3.8, 4) is 0 Å². The highest BCUT2D eigenvalue weighted by molar-refractivity contribution is 5.67. The van der Waals surface area contributed by atoms with Crippen molar-refractivity contribution in [2.75, 3.05) is 0 Å². The van der Waals surface area contributed by atoms with Crippen LogP contribution in [0, 0.1) is 6.92 Å². The van der Waals surface area contributed by atoms with E-state index in [9.17, 15) is 0 Å². The van der Waals surface area contributed by atoms with E-state index >= 15 is 0 Å². The van der Waals surface area contributed by atoms with Gasteiger partial charge in [0, 0.05) is 12.1 Å². The molecule has 0 aromatic carbocycles. The smallest absolute Gasteiger partial charge is 0.247 e. The minimum absolute atomic E-state index is 0.656. The van der Waals surface area contributed by atoms with Gasteiger partial charge in [0.15, 0.2) is 5.89 Å². The van der Waals surface area contributed by atoms with Gasteiger partial charge in [-0.3, -0.25) is 0 Å². The molecule has 13 heavy (non-hydrogen) atoms. The van der Waals surface area contributed by atoms with Crippen molar-refractivity contribution < 1.29 is 4.42 Å². The molecule has 0 radical (unpaired) electrons. The predicted octanol–water partition coefficient (Wildman–Crippen LogP) is 2.48. The normalized spacial score (nSPS) is 10.9. The zero-order valence-corrected chi connectivity index (χ0v) is 7.87. The fourth-order valence-corrected chi connectivity index (χ4v) is 1.28. The van der Waals surface area contributed by atoms with Crippen LogP contribution in [0.3, 0.4) is 0 Å². The first-order chi connectivity index (χ1) is 6.29. The van der Waals surface area contributed by atoms with Gasteiger partial charge in [0.05, 0.1) is 0 Å². The summed E-state index contributed by atoms with van der Waals surface area (Å²) in [4.78, 5) is 8.56. The Morgan fingerprint density at radius 3 is 2.92 bits per heavy atom. The molecule has 3 nitrogen and oxygen atoms in total. The second-order valence-corrected chi connectivity index (χ2v) is 3.13. The molecule has 2 aromatic heterocycles. The van der Waals surface area contributed by atoms with Gasteiger partial charge in [-0.25, -0.2) is 9.97 Å². The number of pyridine rings is 1. The lowest BCUT2D eigenvalue weighted by molar-refractivity contribution is 0.517. The molecule has 0 fully saturated rings. The Bertz CT molecular complexity index is 420. The molecule has 0 aliphatic heterocycles. The van der Waals surface area contributed by atoms with Crippen LogP contribution in [0.25, 0.3) is 11.2 Å². The van der Waals surface area contributed by atoms with Gasteiger partial charge in [-0.05, 0) is 25.5 Å². The molecule has 3 heteroatoms. The van der Waals surface area contributed by atoms with Gasteiger partial charge >= 0.3 is 0 Å². The number of oxazole rings is 1. The van der Waals surface area contributed by atoms with E-state index in [4.69, 9.17) is 4.42 Å². The summed E-state index contributed by atoms with van der Waals surface area (Å²) in [5.41, 5.74) is 2.48. The molecule has 0 spiro atoms. The highest BCUT2D eigenvalue weighted by Gasteiger charge is 2.05. The van der Waals surface area contributed by atoms with Gasteiger partial charge < -0.3 is 4.42 Å². The third-order valence-corrected chi connectivity index (χ3v) is 1.90. The second kappa shape index (κ2) is 3.17. The molecule has 2 aromatic rings. The molecule has 2 rings (SSSR count). The monoisotopic (exact) mass is 176 g/mol. The lowest BCUT2D eigenvalue weighted by Gasteiger charge is -1.87. The van der Waals surface area contributed by atoms with E-state index in [1.54, 1.807) is 0 Å². The van der Waals surface area contributed by atoms with Crippen LogP contribution in [0.5, 0.6) is 0 Å². The summed E-state index contributed by atoms with van der Waals surface area (Å²) >= 11 is 0. The number of aryl methyl sites for hydroxylation is 2. The summed E-state index contributed by atoms with van der Waals surface area (Å²) in [6.07, 6.45) is 1.93. The molecule has 0 N–H and O–H groups in total. The maximum atomic E-state index is 5.47. The van der Waals surface area contributed by atoms with Crippen LogP contribution in [0.4, 0.5) is 0 Å².